The first-order valence-corrected chi connectivity index (χ1v) is 5.45. The molecule has 7 heteroatoms. The zero-order valence-corrected chi connectivity index (χ0v) is 9.44. The van der Waals surface area contributed by atoms with Gasteiger partial charge in [0, 0.05) is 24.1 Å². The highest BCUT2D eigenvalue weighted by atomic mass is 19.4. The summed E-state index contributed by atoms with van der Waals surface area (Å²) in [4.78, 5) is 16.6. The molecule has 1 heterocycles. The van der Waals surface area contributed by atoms with Crippen LogP contribution in [0.4, 0.5) is 18.9 Å². The smallest absolute Gasteiger partial charge is 0.398 e. The number of rotatable bonds is 3. The third-order valence-electron chi connectivity index (χ3n) is 2.68. The van der Waals surface area contributed by atoms with E-state index in [0.29, 0.717) is 12.8 Å². The van der Waals surface area contributed by atoms with Crippen molar-refractivity contribution >= 4 is 11.6 Å². The zero-order chi connectivity index (χ0) is 13.3. The number of nitrogens with zero attached hydrogens (tertiary/aromatic N) is 2. The van der Waals surface area contributed by atoms with Gasteiger partial charge >= 0.3 is 6.18 Å². The first-order valence-electron chi connectivity index (χ1n) is 5.45. The fraction of sp³-hybridized carbons (Fsp3) is 0.455. The van der Waals surface area contributed by atoms with Crippen LogP contribution in [0.2, 0.25) is 0 Å². The summed E-state index contributed by atoms with van der Waals surface area (Å²) < 4.78 is 37.3. The summed E-state index contributed by atoms with van der Waals surface area (Å²) in [6.45, 7) is -1.25. The van der Waals surface area contributed by atoms with E-state index in [9.17, 15) is 18.0 Å². The Morgan fingerprint density at radius 2 is 2.17 bits per heavy atom. The highest BCUT2D eigenvalue weighted by molar-refractivity contribution is 5.99. The summed E-state index contributed by atoms with van der Waals surface area (Å²) in [6.07, 6.45) is -0.625. The van der Waals surface area contributed by atoms with E-state index in [-0.39, 0.29) is 17.3 Å². The molecule has 1 aliphatic carbocycles. The van der Waals surface area contributed by atoms with Gasteiger partial charge in [-0.05, 0) is 18.9 Å². The van der Waals surface area contributed by atoms with E-state index < -0.39 is 18.6 Å². The highest BCUT2D eigenvalue weighted by Gasteiger charge is 2.41. The Bertz CT molecular complexity index is 457. The van der Waals surface area contributed by atoms with Crippen LogP contribution >= 0.6 is 0 Å². The summed E-state index contributed by atoms with van der Waals surface area (Å²) in [5.41, 5.74) is 5.74. The Balaban J connectivity index is 2.21. The molecule has 2 rings (SSSR count). The summed E-state index contributed by atoms with van der Waals surface area (Å²) in [7, 11) is 0. The van der Waals surface area contributed by atoms with Gasteiger partial charge in [0.15, 0.2) is 0 Å². The Hall–Kier alpha value is -1.79. The predicted octanol–water partition coefficient (Wildman–Crippen LogP) is 1.83. The van der Waals surface area contributed by atoms with Crippen molar-refractivity contribution in [1.29, 1.82) is 0 Å². The number of anilines is 1. The van der Waals surface area contributed by atoms with Crippen LogP contribution in [-0.4, -0.2) is 34.6 Å². The third-order valence-corrected chi connectivity index (χ3v) is 2.68. The molecule has 1 aromatic rings. The van der Waals surface area contributed by atoms with Gasteiger partial charge in [-0.25, -0.2) is 0 Å². The van der Waals surface area contributed by atoms with Gasteiger partial charge in [-0.15, -0.1) is 0 Å². The Labute approximate surface area is 102 Å². The van der Waals surface area contributed by atoms with Crippen LogP contribution in [-0.2, 0) is 0 Å². The van der Waals surface area contributed by atoms with Gasteiger partial charge in [0.25, 0.3) is 5.91 Å². The van der Waals surface area contributed by atoms with Gasteiger partial charge in [-0.3, -0.25) is 9.78 Å². The molecule has 0 saturated heterocycles. The SMILES string of the molecule is Nc1ccncc1C(=O)N(CC(F)(F)F)C1CC1. The van der Waals surface area contributed by atoms with Gasteiger partial charge in [-0.2, -0.15) is 13.2 Å². The number of pyridine rings is 1. The second-order valence-electron chi connectivity index (χ2n) is 4.24. The first-order chi connectivity index (χ1) is 8.38. The number of amides is 1. The van der Waals surface area contributed by atoms with Gasteiger partial charge in [0.2, 0.25) is 0 Å². The van der Waals surface area contributed by atoms with Gasteiger partial charge in [0.05, 0.1) is 5.56 Å². The fourth-order valence-corrected chi connectivity index (χ4v) is 1.68. The second-order valence-corrected chi connectivity index (χ2v) is 4.24. The van der Waals surface area contributed by atoms with Gasteiger partial charge in [-0.1, -0.05) is 0 Å². The van der Waals surface area contributed by atoms with Crippen molar-refractivity contribution in [3.63, 3.8) is 0 Å². The molecule has 98 valence electrons. The molecule has 0 atom stereocenters. The van der Waals surface area contributed by atoms with Gasteiger partial charge < -0.3 is 10.6 Å². The van der Waals surface area contributed by atoms with Crippen molar-refractivity contribution < 1.29 is 18.0 Å². The normalized spacial score (nSPS) is 15.5. The lowest BCUT2D eigenvalue weighted by atomic mass is 10.2. The molecule has 1 amide bonds. The Kier molecular flexibility index (Phi) is 3.14. The molecule has 4 nitrogen and oxygen atoms in total. The third kappa shape index (κ3) is 2.91. The summed E-state index contributed by atoms with van der Waals surface area (Å²) in [5, 5.41) is 0. The largest absolute Gasteiger partial charge is 0.406 e. The molecule has 1 fully saturated rings. The Morgan fingerprint density at radius 1 is 1.50 bits per heavy atom. The molecule has 0 bridgehead atoms. The van der Waals surface area contributed by atoms with Crippen molar-refractivity contribution in [1.82, 2.24) is 9.88 Å². The van der Waals surface area contributed by atoms with Crippen LogP contribution in [0.5, 0.6) is 0 Å². The van der Waals surface area contributed by atoms with E-state index in [0.717, 1.165) is 4.90 Å². The molecular weight excluding hydrogens is 247 g/mol. The molecule has 0 aromatic carbocycles. The maximum atomic E-state index is 12.4. The summed E-state index contributed by atoms with van der Waals surface area (Å²) in [6, 6.07) is 1.06. The molecule has 0 spiro atoms. The van der Waals surface area contributed by atoms with Crippen molar-refractivity contribution in [2.24, 2.45) is 0 Å². The van der Waals surface area contributed by atoms with E-state index in [4.69, 9.17) is 5.73 Å². The standard InChI is InChI=1S/C11H12F3N3O/c12-11(13,14)6-17(7-1-2-7)10(18)8-5-16-4-3-9(8)15/h3-5,7H,1-2,6H2,(H2,15,16). The molecule has 0 radical (unpaired) electrons. The van der Waals surface area contributed by atoms with Gasteiger partial charge in [0.1, 0.15) is 6.54 Å². The number of carbonyl (C=O) groups excluding carboxylic acids is 1. The number of aromatic nitrogens is 1. The van der Waals surface area contributed by atoms with E-state index in [1.807, 2.05) is 0 Å². The molecule has 1 saturated carbocycles. The molecule has 0 unspecified atom stereocenters. The minimum Gasteiger partial charge on any atom is -0.398 e. The monoisotopic (exact) mass is 259 g/mol. The maximum Gasteiger partial charge on any atom is 0.406 e. The first kappa shape index (κ1) is 12.7. The number of nitrogen functional groups attached to an aromatic ring is 1. The average Bonchev–Trinajstić information content (AvgIpc) is 3.08. The quantitative estimate of drug-likeness (QED) is 0.900. The van der Waals surface area contributed by atoms with Crippen LogP contribution < -0.4 is 5.73 Å². The highest BCUT2D eigenvalue weighted by Crippen LogP contribution is 2.31. The lowest BCUT2D eigenvalue weighted by Gasteiger charge is -2.24. The summed E-state index contributed by atoms with van der Waals surface area (Å²) >= 11 is 0. The van der Waals surface area contributed by atoms with Crippen molar-refractivity contribution in [3.05, 3.63) is 24.0 Å². The number of hydrogen-bond acceptors (Lipinski definition) is 3. The van der Waals surface area contributed by atoms with Crippen LogP contribution in [0.1, 0.15) is 23.2 Å². The molecular formula is C11H12F3N3O. The molecule has 0 aliphatic heterocycles. The van der Waals surface area contributed by atoms with E-state index in [1.54, 1.807) is 0 Å². The minimum atomic E-state index is -4.41. The Morgan fingerprint density at radius 3 is 2.67 bits per heavy atom. The minimum absolute atomic E-state index is 0.0219. The zero-order valence-electron chi connectivity index (χ0n) is 9.44. The number of nitrogens with two attached hydrogens (primary N) is 1. The van der Waals surface area contributed by atoms with Crippen LogP contribution in [0.3, 0.4) is 0 Å². The molecule has 1 aliphatic rings. The van der Waals surface area contributed by atoms with E-state index in [2.05, 4.69) is 4.98 Å². The maximum absolute atomic E-state index is 12.4. The molecule has 1 aromatic heterocycles. The number of carbonyl (C=O) groups is 1. The number of alkyl halides is 3. The predicted molar refractivity (Wildman–Crippen MR) is 58.8 cm³/mol. The van der Waals surface area contributed by atoms with Crippen molar-refractivity contribution in [2.45, 2.75) is 25.1 Å². The van der Waals surface area contributed by atoms with E-state index in [1.165, 1.54) is 18.5 Å². The van der Waals surface area contributed by atoms with Crippen LogP contribution in [0.25, 0.3) is 0 Å². The lowest BCUT2D eigenvalue weighted by Crippen LogP contribution is -2.40. The topological polar surface area (TPSA) is 59.2 Å². The molecule has 2 N–H and O–H groups in total. The van der Waals surface area contributed by atoms with Crippen LogP contribution in [0, 0.1) is 0 Å². The van der Waals surface area contributed by atoms with E-state index >= 15 is 0 Å². The fourth-order valence-electron chi connectivity index (χ4n) is 1.68. The van der Waals surface area contributed by atoms with Crippen molar-refractivity contribution in [3.8, 4) is 0 Å². The molecule has 18 heavy (non-hydrogen) atoms. The second kappa shape index (κ2) is 4.47. The number of hydrogen-bond donors (Lipinski definition) is 1. The lowest BCUT2D eigenvalue weighted by molar-refractivity contribution is -0.141. The van der Waals surface area contributed by atoms with Crippen LogP contribution in [0.15, 0.2) is 18.5 Å². The number of halogens is 3. The van der Waals surface area contributed by atoms with Crippen molar-refractivity contribution in [2.75, 3.05) is 12.3 Å². The average molecular weight is 259 g/mol. The summed E-state index contributed by atoms with van der Waals surface area (Å²) in [5.74, 6) is -0.708.